The van der Waals surface area contributed by atoms with E-state index in [0.717, 1.165) is 16.1 Å². The number of rotatable bonds is 4. The predicted octanol–water partition coefficient (Wildman–Crippen LogP) is 9.13. The van der Waals surface area contributed by atoms with Crippen molar-refractivity contribution in [3.63, 3.8) is 0 Å². The molecule has 0 saturated heterocycles. The second-order valence-electron chi connectivity index (χ2n) is 11.1. The van der Waals surface area contributed by atoms with E-state index in [4.69, 9.17) is 8.83 Å². The zero-order valence-corrected chi connectivity index (χ0v) is 26.6. The lowest BCUT2D eigenvalue weighted by Crippen LogP contribution is -2.12. The fourth-order valence-corrected chi connectivity index (χ4v) is 6.09. The molecular weight excluding hydrogens is 675 g/mol. The molecule has 0 amide bonds. The van der Waals surface area contributed by atoms with E-state index in [1.54, 1.807) is 66.7 Å². The minimum Gasteiger partial charge on any atom is -0.448 e. The Morgan fingerprint density at radius 1 is 0.542 bits per heavy atom. The summed E-state index contributed by atoms with van der Waals surface area (Å²) in [6.45, 7) is 8.03. The Labute approximate surface area is 282 Å². The van der Waals surface area contributed by atoms with E-state index in [9.17, 15) is 23.6 Å². The maximum absolute atomic E-state index is 13.5. The zero-order valence-electron chi connectivity index (χ0n) is 25.0. The summed E-state index contributed by atoms with van der Waals surface area (Å²) in [7, 11) is 0. The van der Waals surface area contributed by atoms with Crippen molar-refractivity contribution in [3.8, 4) is 0 Å². The number of carbonyl (C=O) groups is 4. The largest absolute Gasteiger partial charge is 0.448 e. The topological polar surface area (TPSA) is 94.6 Å². The number of benzene rings is 4. The Kier molecular flexibility index (Phi) is 7.65. The summed E-state index contributed by atoms with van der Waals surface area (Å²) < 4.78 is 25.4. The van der Waals surface area contributed by atoms with Crippen LogP contribution in [0, 0.1) is 5.82 Å². The van der Waals surface area contributed by atoms with Gasteiger partial charge in [0.2, 0.25) is 23.1 Å². The molecule has 6 aromatic rings. The Morgan fingerprint density at radius 3 is 1.46 bits per heavy atom. The SMILES string of the molecule is C=C1c2ccc(Br)cc2C(=O)c2oc(C(=O)c3ccccc3)cc21.C=C1c2ccc(F)cc2C(=O)c2oc(C(=O)c3ccccc3)cc21. The van der Waals surface area contributed by atoms with Gasteiger partial charge in [-0.25, -0.2) is 4.39 Å². The molecule has 2 aliphatic carbocycles. The Hall–Kier alpha value is -5.99. The second kappa shape index (κ2) is 12.0. The lowest BCUT2D eigenvalue weighted by molar-refractivity contribution is 0.0971. The van der Waals surface area contributed by atoms with Gasteiger partial charge in [-0.3, -0.25) is 19.2 Å². The highest BCUT2D eigenvalue weighted by Crippen LogP contribution is 2.39. The summed E-state index contributed by atoms with van der Waals surface area (Å²) >= 11 is 3.37. The normalized spacial score (nSPS) is 12.7. The predicted molar refractivity (Wildman–Crippen MR) is 181 cm³/mol. The molecule has 0 unspecified atom stereocenters. The molecule has 2 aromatic heterocycles. The van der Waals surface area contributed by atoms with E-state index in [1.807, 2.05) is 18.2 Å². The van der Waals surface area contributed by atoms with Gasteiger partial charge in [-0.2, -0.15) is 0 Å². The van der Waals surface area contributed by atoms with E-state index in [-0.39, 0.29) is 46.0 Å². The van der Waals surface area contributed by atoms with Crippen molar-refractivity contribution in [3.05, 3.63) is 200 Å². The number of hydrogen-bond acceptors (Lipinski definition) is 6. The van der Waals surface area contributed by atoms with Crippen molar-refractivity contribution in [1.29, 1.82) is 0 Å². The molecule has 0 radical (unpaired) electrons. The number of halogens is 2. The molecule has 8 rings (SSSR count). The fourth-order valence-electron chi connectivity index (χ4n) is 5.72. The van der Waals surface area contributed by atoms with Crippen molar-refractivity contribution in [1.82, 2.24) is 0 Å². The van der Waals surface area contributed by atoms with Crippen LogP contribution in [-0.4, -0.2) is 23.1 Å². The Balaban J connectivity index is 0.000000152. The van der Waals surface area contributed by atoms with Gasteiger partial charge in [0.05, 0.1) is 0 Å². The number of hydrogen-bond donors (Lipinski definition) is 0. The maximum atomic E-state index is 13.5. The van der Waals surface area contributed by atoms with Gasteiger partial charge in [0.25, 0.3) is 0 Å². The molecule has 232 valence electrons. The van der Waals surface area contributed by atoms with E-state index in [2.05, 4.69) is 29.1 Å². The van der Waals surface area contributed by atoms with Crippen LogP contribution in [0.2, 0.25) is 0 Å². The van der Waals surface area contributed by atoms with Gasteiger partial charge in [-0.1, -0.05) is 102 Å². The molecule has 4 aromatic carbocycles. The number of carbonyl (C=O) groups excluding carboxylic acids is 4. The average Bonchev–Trinajstić information content (AvgIpc) is 3.77. The van der Waals surface area contributed by atoms with Crippen molar-refractivity contribution < 1.29 is 32.4 Å². The Morgan fingerprint density at radius 2 is 0.979 bits per heavy atom. The van der Waals surface area contributed by atoms with Crippen molar-refractivity contribution in [2.45, 2.75) is 0 Å². The second-order valence-corrected chi connectivity index (χ2v) is 12.0. The number of furan rings is 2. The molecule has 0 bridgehead atoms. The van der Waals surface area contributed by atoms with Crippen LogP contribution in [-0.2, 0) is 0 Å². The van der Waals surface area contributed by atoms with Crippen LogP contribution in [0.1, 0.15) is 86.7 Å². The first-order valence-corrected chi connectivity index (χ1v) is 15.5. The van der Waals surface area contributed by atoms with Crippen LogP contribution in [0.15, 0.2) is 136 Å². The molecule has 8 heteroatoms. The van der Waals surface area contributed by atoms with E-state index >= 15 is 0 Å². The molecule has 6 nitrogen and oxygen atoms in total. The first kappa shape index (κ1) is 30.7. The summed E-state index contributed by atoms with van der Waals surface area (Å²) in [4.78, 5) is 50.3. The van der Waals surface area contributed by atoms with Gasteiger partial charge in [-0.05, 0) is 58.7 Å². The molecule has 0 saturated carbocycles. The average molecular weight is 698 g/mol. The molecule has 2 aliphatic rings. The molecule has 48 heavy (non-hydrogen) atoms. The van der Waals surface area contributed by atoms with Crippen LogP contribution in [0.3, 0.4) is 0 Å². The third-order valence-electron chi connectivity index (χ3n) is 8.15. The lowest BCUT2D eigenvalue weighted by atomic mass is 9.86. The van der Waals surface area contributed by atoms with E-state index in [1.165, 1.54) is 18.2 Å². The van der Waals surface area contributed by atoms with Crippen LogP contribution in [0.4, 0.5) is 4.39 Å². The molecule has 0 fully saturated rings. The highest BCUT2D eigenvalue weighted by atomic mass is 79.9. The van der Waals surface area contributed by atoms with Crippen LogP contribution in [0.5, 0.6) is 0 Å². The van der Waals surface area contributed by atoms with E-state index < -0.39 is 11.6 Å². The monoisotopic (exact) mass is 696 g/mol. The smallest absolute Gasteiger partial charge is 0.229 e. The molecule has 0 N–H and O–H groups in total. The Bertz CT molecular complexity index is 2190. The molecule has 0 atom stereocenters. The summed E-state index contributed by atoms with van der Waals surface area (Å²) in [5.41, 5.74) is 5.28. The van der Waals surface area contributed by atoms with Gasteiger partial charge < -0.3 is 8.83 Å². The molecule has 0 spiro atoms. The van der Waals surface area contributed by atoms with Crippen LogP contribution < -0.4 is 0 Å². The standard InChI is InChI=1S/C20H11BrO3.C20H11FO3/c2*1-11-14-8-7-13(21)9-16(14)19(23)20-15(11)10-17(24-20)18(22)12-5-3-2-4-6-12/h2*2-10H,1H2. The summed E-state index contributed by atoms with van der Waals surface area (Å²) in [5.74, 6) is -1.36. The fraction of sp³-hybridized carbons (Fsp3) is 0. The molecule has 0 aliphatic heterocycles. The minimum absolute atomic E-state index is 0.0254. The highest BCUT2D eigenvalue weighted by molar-refractivity contribution is 9.10. The summed E-state index contributed by atoms with van der Waals surface area (Å²) in [5, 5.41) is 0. The van der Waals surface area contributed by atoms with Crippen LogP contribution >= 0.6 is 15.9 Å². The third kappa shape index (κ3) is 5.22. The minimum atomic E-state index is -0.509. The van der Waals surface area contributed by atoms with Gasteiger partial charge in [0, 0.05) is 37.9 Å². The van der Waals surface area contributed by atoms with Crippen molar-refractivity contribution in [2.24, 2.45) is 0 Å². The third-order valence-corrected chi connectivity index (χ3v) is 8.64. The lowest BCUT2D eigenvalue weighted by Gasteiger charge is -2.16. The zero-order chi connectivity index (χ0) is 33.7. The van der Waals surface area contributed by atoms with Crippen LogP contribution in [0.25, 0.3) is 11.1 Å². The first-order valence-electron chi connectivity index (χ1n) is 14.7. The van der Waals surface area contributed by atoms with Crippen molar-refractivity contribution in [2.75, 3.05) is 0 Å². The number of ketones is 4. The summed E-state index contributed by atoms with van der Waals surface area (Å²) in [6, 6.07) is 30.0. The van der Waals surface area contributed by atoms with Crippen molar-refractivity contribution >= 4 is 50.2 Å². The molecular formula is C40H22BrFO6. The number of fused-ring (bicyclic) bond motifs is 4. The summed E-state index contributed by atoms with van der Waals surface area (Å²) in [6.07, 6.45) is 0. The van der Waals surface area contributed by atoms with Gasteiger partial charge in [-0.15, -0.1) is 0 Å². The van der Waals surface area contributed by atoms with Gasteiger partial charge >= 0.3 is 0 Å². The molecule has 2 heterocycles. The van der Waals surface area contributed by atoms with E-state index in [0.29, 0.717) is 44.5 Å². The first-order chi connectivity index (χ1) is 23.1. The highest BCUT2D eigenvalue weighted by Gasteiger charge is 2.33. The van der Waals surface area contributed by atoms with Gasteiger partial charge in [0.15, 0.2) is 23.0 Å². The maximum Gasteiger partial charge on any atom is 0.229 e. The van der Waals surface area contributed by atoms with Gasteiger partial charge in [0.1, 0.15) is 5.82 Å². The quantitative estimate of drug-likeness (QED) is 0.170.